The summed E-state index contributed by atoms with van der Waals surface area (Å²) in [5, 5.41) is 2.73. The Bertz CT molecular complexity index is 766. The summed E-state index contributed by atoms with van der Waals surface area (Å²) in [5.41, 5.74) is 1.40. The van der Waals surface area contributed by atoms with E-state index in [9.17, 15) is 8.42 Å². The van der Waals surface area contributed by atoms with Crippen molar-refractivity contribution in [2.75, 3.05) is 4.72 Å². The van der Waals surface area contributed by atoms with Crippen LogP contribution in [-0.2, 0) is 16.4 Å². The van der Waals surface area contributed by atoms with Gasteiger partial charge in [-0.15, -0.1) is 11.3 Å². The van der Waals surface area contributed by atoms with Gasteiger partial charge >= 0.3 is 0 Å². The quantitative estimate of drug-likeness (QED) is 0.650. The number of halogens is 2. The first-order valence-corrected chi connectivity index (χ1v) is 10.4. The predicted octanol–water partition coefficient (Wildman–Crippen LogP) is 5.29. The molecule has 4 nitrogen and oxygen atoms in total. The largest absolute Gasteiger partial charge is 0.265 e. The van der Waals surface area contributed by atoms with Crippen molar-refractivity contribution in [3.05, 3.63) is 38.8 Å². The zero-order chi connectivity index (χ0) is 17.0. The van der Waals surface area contributed by atoms with Crippen LogP contribution in [0.15, 0.2) is 22.4 Å². The molecule has 0 amide bonds. The zero-order valence-electron chi connectivity index (χ0n) is 12.9. The maximum absolute atomic E-state index is 12.6. The third-order valence-corrected chi connectivity index (χ3v) is 6.38. The predicted molar refractivity (Wildman–Crippen MR) is 97.4 cm³/mol. The monoisotopic (exact) mass is 392 g/mol. The highest BCUT2D eigenvalue weighted by molar-refractivity contribution is 7.93. The van der Waals surface area contributed by atoms with Crippen molar-refractivity contribution in [2.24, 2.45) is 0 Å². The van der Waals surface area contributed by atoms with Crippen molar-refractivity contribution in [2.45, 2.75) is 44.4 Å². The molecule has 0 bridgehead atoms. The Morgan fingerprint density at radius 2 is 2.00 bits per heavy atom. The van der Waals surface area contributed by atoms with Crippen LogP contribution in [0.2, 0.25) is 10.0 Å². The summed E-state index contributed by atoms with van der Waals surface area (Å²) in [4.78, 5) is 4.36. The van der Waals surface area contributed by atoms with E-state index in [0.717, 1.165) is 31.4 Å². The summed E-state index contributed by atoms with van der Waals surface area (Å²) in [6, 6.07) is 2.99. The van der Waals surface area contributed by atoms with E-state index in [1.807, 2.05) is 5.38 Å². The van der Waals surface area contributed by atoms with Crippen LogP contribution in [0, 0.1) is 6.92 Å². The Hall–Kier alpha value is -0.820. The molecule has 0 saturated heterocycles. The number of aryl methyl sites for hydroxylation is 2. The third kappa shape index (κ3) is 4.83. The van der Waals surface area contributed by atoms with Gasteiger partial charge in [0.2, 0.25) is 0 Å². The van der Waals surface area contributed by atoms with Gasteiger partial charge in [-0.1, -0.05) is 43.0 Å². The molecule has 2 rings (SSSR count). The summed E-state index contributed by atoms with van der Waals surface area (Å²) < 4.78 is 27.6. The highest BCUT2D eigenvalue weighted by atomic mass is 35.5. The van der Waals surface area contributed by atoms with Crippen molar-refractivity contribution in [3.63, 3.8) is 0 Å². The number of hydrogen-bond acceptors (Lipinski definition) is 4. The highest BCUT2D eigenvalue weighted by Crippen LogP contribution is 2.31. The molecule has 1 heterocycles. The normalized spacial score (nSPS) is 11.7. The SMILES string of the molecule is CCCCCc1csc(NS(=O)(=O)c2c(C)cc(Cl)cc2Cl)n1. The number of nitrogens with zero attached hydrogens (tertiary/aromatic N) is 1. The van der Waals surface area contributed by atoms with Crippen LogP contribution in [-0.4, -0.2) is 13.4 Å². The van der Waals surface area contributed by atoms with E-state index < -0.39 is 10.0 Å². The molecule has 0 fully saturated rings. The lowest BCUT2D eigenvalue weighted by Gasteiger charge is -2.10. The zero-order valence-corrected chi connectivity index (χ0v) is 16.0. The van der Waals surface area contributed by atoms with Gasteiger partial charge in [0.25, 0.3) is 10.0 Å². The van der Waals surface area contributed by atoms with Gasteiger partial charge in [0.15, 0.2) is 5.13 Å². The van der Waals surface area contributed by atoms with Crippen molar-refractivity contribution in [3.8, 4) is 0 Å². The van der Waals surface area contributed by atoms with Crippen LogP contribution < -0.4 is 4.72 Å². The summed E-state index contributed by atoms with van der Waals surface area (Å²) in [6.45, 7) is 3.79. The van der Waals surface area contributed by atoms with Gasteiger partial charge in [-0.25, -0.2) is 13.4 Å². The number of aromatic nitrogens is 1. The fourth-order valence-electron chi connectivity index (χ4n) is 2.22. The average Bonchev–Trinajstić information content (AvgIpc) is 2.84. The summed E-state index contributed by atoms with van der Waals surface area (Å²) >= 11 is 13.2. The minimum atomic E-state index is -3.80. The second-order valence-electron chi connectivity index (χ2n) is 5.24. The van der Waals surface area contributed by atoms with Crippen LogP contribution in [0.4, 0.5) is 5.13 Å². The Morgan fingerprint density at radius 1 is 1.26 bits per heavy atom. The number of thiazole rings is 1. The van der Waals surface area contributed by atoms with Crippen molar-refractivity contribution >= 4 is 49.7 Å². The van der Waals surface area contributed by atoms with Crippen molar-refractivity contribution < 1.29 is 8.42 Å². The van der Waals surface area contributed by atoms with E-state index in [0.29, 0.717) is 15.7 Å². The highest BCUT2D eigenvalue weighted by Gasteiger charge is 2.22. The molecule has 126 valence electrons. The van der Waals surface area contributed by atoms with Gasteiger partial charge in [0, 0.05) is 10.4 Å². The van der Waals surface area contributed by atoms with Gasteiger partial charge in [-0.05, 0) is 37.5 Å². The molecular weight excluding hydrogens is 375 g/mol. The molecule has 0 saturated carbocycles. The molecule has 1 N–H and O–H groups in total. The maximum Gasteiger partial charge on any atom is 0.265 e. The van der Waals surface area contributed by atoms with Gasteiger partial charge < -0.3 is 0 Å². The van der Waals surface area contributed by atoms with Crippen molar-refractivity contribution in [1.29, 1.82) is 0 Å². The Morgan fingerprint density at radius 3 is 2.65 bits per heavy atom. The number of rotatable bonds is 7. The first-order chi connectivity index (χ1) is 10.8. The van der Waals surface area contributed by atoms with Crippen LogP contribution >= 0.6 is 34.5 Å². The van der Waals surface area contributed by atoms with Gasteiger partial charge in [-0.3, -0.25) is 4.72 Å². The van der Waals surface area contributed by atoms with Crippen molar-refractivity contribution in [1.82, 2.24) is 4.98 Å². The lowest BCUT2D eigenvalue weighted by Crippen LogP contribution is -2.14. The molecule has 0 aliphatic rings. The fraction of sp³-hybridized carbons (Fsp3) is 0.400. The molecule has 23 heavy (non-hydrogen) atoms. The third-order valence-electron chi connectivity index (χ3n) is 3.27. The minimum Gasteiger partial charge on any atom is -0.255 e. The molecule has 1 aromatic carbocycles. The number of benzene rings is 1. The summed E-state index contributed by atoms with van der Waals surface area (Å²) in [6.07, 6.45) is 4.18. The van der Waals surface area contributed by atoms with Gasteiger partial charge in [0.05, 0.1) is 10.7 Å². The number of anilines is 1. The maximum atomic E-state index is 12.6. The molecule has 0 unspecified atom stereocenters. The molecule has 0 atom stereocenters. The van der Waals surface area contributed by atoms with Crippen LogP contribution in [0.25, 0.3) is 0 Å². The second-order valence-corrected chi connectivity index (χ2v) is 8.56. The van der Waals surface area contributed by atoms with E-state index in [2.05, 4.69) is 16.6 Å². The first kappa shape index (κ1) is 18.5. The molecule has 8 heteroatoms. The Kier molecular flexibility index (Phi) is 6.31. The number of hydrogen-bond donors (Lipinski definition) is 1. The fourth-order valence-corrected chi connectivity index (χ4v) is 5.41. The van der Waals surface area contributed by atoms with E-state index in [1.54, 1.807) is 13.0 Å². The second kappa shape index (κ2) is 7.83. The summed E-state index contributed by atoms with van der Waals surface area (Å²) in [7, 11) is -3.80. The smallest absolute Gasteiger partial charge is 0.255 e. The summed E-state index contributed by atoms with van der Waals surface area (Å²) in [5.74, 6) is 0. The van der Waals surface area contributed by atoms with Gasteiger partial charge in [0.1, 0.15) is 4.90 Å². The number of sulfonamides is 1. The van der Waals surface area contributed by atoms with E-state index in [-0.39, 0.29) is 9.92 Å². The first-order valence-electron chi connectivity index (χ1n) is 7.26. The minimum absolute atomic E-state index is 0.0336. The standard InChI is InChI=1S/C15H18Cl2N2O2S2/c1-3-4-5-6-12-9-22-15(18-12)19-23(20,21)14-10(2)7-11(16)8-13(14)17/h7-9H,3-6H2,1-2H3,(H,18,19). The molecule has 0 spiro atoms. The number of unbranched alkanes of at least 4 members (excludes halogenated alkanes) is 2. The van der Waals surface area contributed by atoms with E-state index in [4.69, 9.17) is 23.2 Å². The Balaban J connectivity index is 2.19. The van der Waals surface area contributed by atoms with Crippen LogP contribution in [0.1, 0.15) is 37.4 Å². The van der Waals surface area contributed by atoms with E-state index >= 15 is 0 Å². The molecule has 0 aliphatic heterocycles. The van der Waals surface area contributed by atoms with E-state index in [1.165, 1.54) is 17.4 Å². The average molecular weight is 393 g/mol. The molecule has 0 aliphatic carbocycles. The Labute approximate surface area is 150 Å². The molecular formula is C15H18Cl2N2O2S2. The lowest BCUT2D eigenvalue weighted by atomic mass is 10.2. The molecule has 2 aromatic rings. The number of nitrogens with one attached hydrogen (secondary N) is 1. The molecule has 0 radical (unpaired) electrons. The molecule has 1 aromatic heterocycles. The topological polar surface area (TPSA) is 59.1 Å². The van der Waals surface area contributed by atoms with Crippen LogP contribution in [0.3, 0.4) is 0 Å². The lowest BCUT2D eigenvalue weighted by molar-refractivity contribution is 0.600. The van der Waals surface area contributed by atoms with Gasteiger partial charge in [-0.2, -0.15) is 0 Å². The van der Waals surface area contributed by atoms with Crippen LogP contribution in [0.5, 0.6) is 0 Å².